The van der Waals surface area contributed by atoms with Gasteiger partial charge < -0.3 is 15.0 Å². The predicted molar refractivity (Wildman–Crippen MR) is 125 cm³/mol. The molecule has 3 fully saturated rings. The Hall–Kier alpha value is -2.73. The molecule has 3 heterocycles. The maximum atomic E-state index is 13.4. The van der Waals surface area contributed by atoms with Crippen LogP contribution in [0.4, 0.5) is 5.69 Å². The fraction of sp³-hybridized carbons (Fsp3) is 0.500. The topological polar surface area (TPSA) is 82.1 Å². The lowest BCUT2D eigenvalue weighted by molar-refractivity contribution is 0.0751. The van der Waals surface area contributed by atoms with Crippen LogP contribution in [0.5, 0.6) is 0 Å². The van der Waals surface area contributed by atoms with Crippen molar-refractivity contribution in [3.63, 3.8) is 0 Å². The number of aliphatic hydroxyl groups is 1. The van der Waals surface area contributed by atoms with Crippen molar-refractivity contribution in [2.24, 2.45) is 23.2 Å². The molecule has 2 aromatic heterocycles. The molecule has 0 amide bonds. The molecule has 3 atom stereocenters. The minimum absolute atomic E-state index is 0.193. The molecule has 1 aliphatic heterocycles. The van der Waals surface area contributed by atoms with E-state index in [1.54, 1.807) is 12.4 Å². The van der Waals surface area contributed by atoms with E-state index in [4.69, 9.17) is 4.98 Å². The Kier molecular flexibility index (Phi) is 4.61. The smallest absolute Gasteiger partial charge is 0.172 e. The molecule has 0 unspecified atom stereocenters. The number of aliphatic hydroxyl groups excluding tert-OH is 1. The zero-order valence-corrected chi connectivity index (χ0v) is 18.6. The molecule has 0 bridgehead atoms. The van der Waals surface area contributed by atoms with Gasteiger partial charge in [0.05, 0.1) is 17.5 Å². The van der Waals surface area contributed by atoms with E-state index in [1.807, 2.05) is 0 Å². The number of piperidine rings is 1. The van der Waals surface area contributed by atoms with Crippen molar-refractivity contribution in [2.75, 3.05) is 24.6 Å². The molecule has 2 saturated carbocycles. The summed E-state index contributed by atoms with van der Waals surface area (Å²) in [5.74, 6) is 1.96. The molecular formula is C26H30N4O2. The normalized spacial score (nSPS) is 26.3. The van der Waals surface area contributed by atoms with Crippen LogP contribution in [0.3, 0.4) is 0 Å². The predicted octanol–water partition coefficient (Wildman–Crippen LogP) is 4.45. The molecule has 2 N–H and O–H groups in total. The van der Waals surface area contributed by atoms with E-state index >= 15 is 0 Å². The fourth-order valence-corrected chi connectivity index (χ4v) is 6.08. The summed E-state index contributed by atoms with van der Waals surface area (Å²) in [6, 6.07) is 8.44. The van der Waals surface area contributed by atoms with Crippen molar-refractivity contribution >= 4 is 22.6 Å². The standard InChI is InChI=1S/C26H30N4O2/c1-26(8-3-2-4-9-26)24(32)18-11-27-25-23(18)29-22(12-28-25)16-6-5-7-17(10-16)30-13-19-20(14-30)21(19)15-31/h5-7,10-12,19-21,31H,2-4,8-9,13-15H2,1H3,(H,27,28)/t19-,20+,21+. The Morgan fingerprint density at radius 3 is 2.75 bits per heavy atom. The van der Waals surface area contributed by atoms with E-state index in [0.29, 0.717) is 41.1 Å². The third kappa shape index (κ3) is 3.15. The highest BCUT2D eigenvalue weighted by atomic mass is 16.3. The zero-order valence-electron chi connectivity index (χ0n) is 18.6. The molecule has 166 valence electrons. The van der Waals surface area contributed by atoms with Gasteiger partial charge in [0.1, 0.15) is 5.52 Å². The monoisotopic (exact) mass is 430 g/mol. The summed E-state index contributed by atoms with van der Waals surface area (Å²) in [7, 11) is 0. The van der Waals surface area contributed by atoms with Crippen molar-refractivity contribution in [1.82, 2.24) is 15.0 Å². The van der Waals surface area contributed by atoms with Crippen LogP contribution in [0.1, 0.15) is 49.4 Å². The van der Waals surface area contributed by atoms with Gasteiger partial charge in [-0.3, -0.25) is 4.79 Å². The number of ketones is 1. The second kappa shape index (κ2) is 7.41. The van der Waals surface area contributed by atoms with Crippen molar-refractivity contribution in [2.45, 2.75) is 39.0 Å². The average Bonchev–Trinajstić information content (AvgIpc) is 3.15. The number of carbonyl (C=O) groups excluding carboxylic acids is 1. The number of aromatic amines is 1. The summed E-state index contributed by atoms with van der Waals surface area (Å²) in [4.78, 5) is 28.5. The Balaban J connectivity index is 1.30. The summed E-state index contributed by atoms with van der Waals surface area (Å²) in [5, 5.41) is 9.43. The lowest BCUT2D eigenvalue weighted by atomic mass is 9.71. The van der Waals surface area contributed by atoms with Crippen LogP contribution in [-0.2, 0) is 0 Å². The second-order valence-corrected chi connectivity index (χ2v) is 10.2. The number of rotatable bonds is 5. The number of nitrogens with one attached hydrogen (secondary N) is 1. The number of nitrogens with zero attached hydrogens (tertiary/aromatic N) is 3. The van der Waals surface area contributed by atoms with Crippen LogP contribution in [-0.4, -0.2) is 45.5 Å². The number of H-pyrrole nitrogens is 1. The van der Waals surface area contributed by atoms with Gasteiger partial charge in [-0.15, -0.1) is 0 Å². The second-order valence-electron chi connectivity index (χ2n) is 10.2. The Morgan fingerprint density at radius 1 is 1.22 bits per heavy atom. The van der Waals surface area contributed by atoms with Crippen molar-refractivity contribution in [1.29, 1.82) is 0 Å². The van der Waals surface area contributed by atoms with Gasteiger partial charge in [0.15, 0.2) is 11.4 Å². The molecule has 2 aliphatic carbocycles. The summed E-state index contributed by atoms with van der Waals surface area (Å²) in [6.45, 7) is 4.45. The quantitative estimate of drug-likeness (QED) is 0.585. The van der Waals surface area contributed by atoms with Gasteiger partial charge >= 0.3 is 0 Å². The lowest BCUT2D eigenvalue weighted by Gasteiger charge is -2.31. The summed E-state index contributed by atoms with van der Waals surface area (Å²) >= 11 is 0. The summed E-state index contributed by atoms with van der Waals surface area (Å²) < 4.78 is 0. The number of hydrogen-bond acceptors (Lipinski definition) is 5. The summed E-state index contributed by atoms with van der Waals surface area (Å²) in [6.07, 6.45) is 8.93. The summed E-state index contributed by atoms with van der Waals surface area (Å²) in [5.41, 5.74) is 4.71. The lowest BCUT2D eigenvalue weighted by Crippen LogP contribution is -2.30. The number of aromatic nitrogens is 3. The molecule has 3 aliphatic rings. The SMILES string of the molecule is CC1(C(=O)c2c[nH]c3ncc(-c4cccc(N5C[C@@H]6[C@@H](CO)[C@@H]6C5)c4)nc23)CCCCC1. The Bertz CT molecular complexity index is 1170. The van der Waals surface area contributed by atoms with Gasteiger partial charge in [-0.1, -0.05) is 38.3 Å². The Labute approximate surface area is 188 Å². The van der Waals surface area contributed by atoms with Gasteiger partial charge in [0, 0.05) is 42.6 Å². The zero-order chi connectivity index (χ0) is 21.9. The first-order chi connectivity index (χ1) is 15.6. The maximum absolute atomic E-state index is 13.4. The van der Waals surface area contributed by atoms with Crippen molar-refractivity contribution in [3.05, 3.63) is 42.2 Å². The van der Waals surface area contributed by atoms with E-state index in [-0.39, 0.29) is 11.2 Å². The molecule has 6 nitrogen and oxygen atoms in total. The van der Waals surface area contributed by atoms with E-state index < -0.39 is 0 Å². The van der Waals surface area contributed by atoms with Gasteiger partial charge in [-0.2, -0.15) is 0 Å². The van der Waals surface area contributed by atoms with E-state index in [0.717, 1.165) is 50.0 Å². The van der Waals surface area contributed by atoms with Crippen LogP contribution >= 0.6 is 0 Å². The van der Waals surface area contributed by atoms with E-state index in [2.05, 4.69) is 46.1 Å². The van der Waals surface area contributed by atoms with Crippen LogP contribution in [0.15, 0.2) is 36.7 Å². The van der Waals surface area contributed by atoms with Gasteiger partial charge in [0.25, 0.3) is 0 Å². The third-order valence-electron chi connectivity index (χ3n) is 8.22. The van der Waals surface area contributed by atoms with Crippen molar-refractivity contribution in [3.8, 4) is 11.3 Å². The molecule has 0 spiro atoms. The molecule has 6 heteroatoms. The minimum Gasteiger partial charge on any atom is -0.396 e. The molecule has 0 radical (unpaired) electrons. The van der Waals surface area contributed by atoms with Crippen LogP contribution in [0.2, 0.25) is 0 Å². The number of Topliss-reactive ketones (excluding diaryl/α,β-unsaturated/α-hetero) is 1. The number of benzene rings is 1. The average molecular weight is 431 g/mol. The van der Waals surface area contributed by atoms with Crippen LogP contribution in [0.25, 0.3) is 22.4 Å². The number of hydrogen-bond donors (Lipinski definition) is 2. The highest BCUT2D eigenvalue weighted by Gasteiger charge is 2.55. The van der Waals surface area contributed by atoms with E-state index in [9.17, 15) is 9.90 Å². The molecular weight excluding hydrogens is 400 g/mol. The first kappa shape index (κ1) is 19.9. The Morgan fingerprint density at radius 2 is 2.00 bits per heavy atom. The van der Waals surface area contributed by atoms with Crippen molar-refractivity contribution < 1.29 is 9.90 Å². The first-order valence-corrected chi connectivity index (χ1v) is 11.9. The fourth-order valence-electron chi connectivity index (χ4n) is 6.08. The van der Waals surface area contributed by atoms with Crippen LogP contribution < -0.4 is 4.90 Å². The molecule has 1 aromatic carbocycles. The maximum Gasteiger partial charge on any atom is 0.172 e. The first-order valence-electron chi connectivity index (χ1n) is 11.9. The number of anilines is 1. The van der Waals surface area contributed by atoms with Crippen LogP contribution in [0, 0.1) is 23.2 Å². The minimum atomic E-state index is -0.298. The highest BCUT2D eigenvalue weighted by molar-refractivity contribution is 6.08. The van der Waals surface area contributed by atoms with Gasteiger partial charge in [0.2, 0.25) is 0 Å². The molecule has 6 rings (SSSR count). The third-order valence-corrected chi connectivity index (χ3v) is 8.22. The highest BCUT2D eigenvalue weighted by Crippen LogP contribution is 2.52. The van der Waals surface area contributed by atoms with Gasteiger partial charge in [-0.05, 0) is 42.7 Å². The molecule has 32 heavy (non-hydrogen) atoms. The molecule has 3 aromatic rings. The largest absolute Gasteiger partial charge is 0.396 e. The molecule has 1 saturated heterocycles. The van der Waals surface area contributed by atoms with E-state index in [1.165, 1.54) is 12.1 Å². The number of carbonyl (C=O) groups is 1. The van der Waals surface area contributed by atoms with Gasteiger partial charge in [-0.25, -0.2) is 9.97 Å². The number of fused-ring (bicyclic) bond motifs is 2.